The molecule has 0 aliphatic rings. The highest BCUT2D eigenvalue weighted by atomic mass is 33.1. The van der Waals surface area contributed by atoms with Crippen LogP contribution in [0.15, 0.2) is 70.7 Å². The molecule has 0 bridgehead atoms. The van der Waals surface area contributed by atoms with E-state index in [-0.39, 0.29) is 38.0 Å². The van der Waals surface area contributed by atoms with E-state index in [1.165, 1.54) is 35.4 Å². The molecular weight excluding hydrogens is 633 g/mol. The van der Waals surface area contributed by atoms with Crippen LogP contribution in [0.25, 0.3) is 21.8 Å². The second kappa shape index (κ2) is 16.2. The quantitative estimate of drug-likeness (QED) is 0.115. The first-order valence-corrected chi connectivity index (χ1v) is 16.0. The molecule has 0 saturated carbocycles. The first-order valence-electron chi connectivity index (χ1n) is 13.8. The summed E-state index contributed by atoms with van der Waals surface area (Å²) in [6, 6.07) is 14.4. The van der Waals surface area contributed by atoms with Gasteiger partial charge in [0.2, 0.25) is 35.4 Å². The van der Waals surface area contributed by atoms with Crippen molar-refractivity contribution in [1.29, 1.82) is 0 Å². The van der Waals surface area contributed by atoms with Gasteiger partial charge in [0, 0.05) is 46.8 Å². The number of benzene rings is 2. The molecule has 0 fully saturated rings. The summed E-state index contributed by atoms with van der Waals surface area (Å²) in [5.74, 6) is -2.54. The van der Waals surface area contributed by atoms with E-state index < -0.39 is 23.6 Å². The van der Waals surface area contributed by atoms with Gasteiger partial charge >= 0.3 is 0 Å². The Balaban J connectivity index is 1.42. The molecule has 6 amide bonds. The predicted molar refractivity (Wildman–Crippen MR) is 176 cm³/mol. The highest BCUT2D eigenvalue weighted by Crippen LogP contribution is 2.44. The van der Waals surface area contributed by atoms with Gasteiger partial charge in [0.05, 0.1) is 48.6 Å². The summed E-state index contributed by atoms with van der Waals surface area (Å²) in [5.41, 5.74) is 2.37. The third kappa shape index (κ3) is 9.64. The number of nitrogens with zero attached hydrogens (tertiary/aromatic N) is 2. The Kier molecular flexibility index (Phi) is 11.9. The van der Waals surface area contributed by atoms with Crippen molar-refractivity contribution in [3.05, 3.63) is 60.9 Å². The molecule has 0 radical (unpaired) electrons. The van der Waals surface area contributed by atoms with E-state index in [4.69, 9.17) is 0 Å². The number of carbonyl (C=O) groups is 6. The van der Waals surface area contributed by atoms with Gasteiger partial charge in [-0.15, -0.1) is 0 Å². The second-order valence-corrected chi connectivity index (χ2v) is 11.9. The van der Waals surface area contributed by atoms with Crippen LogP contribution in [-0.4, -0.2) is 71.6 Å². The van der Waals surface area contributed by atoms with Crippen LogP contribution in [0, 0.1) is 0 Å². The smallest absolute Gasteiger partial charge is 0.243 e. The molecule has 2 aromatic heterocycles. The van der Waals surface area contributed by atoms with E-state index in [1.54, 1.807) is 36.7 Å². The van der Waals surface area contributed by atoms with Gasteiger partial charge in [-0.3, -0.25) is 38.7 Å². The molecule has 0 aliphatic carbocycles. The molecule has 238 valence electrons. The molecule has 4 rings (SSSR count). The van der Waals surface area contributed by atoms with Crippen LogP contribution in [0.3, 0.4) is 0 Å². The minimum Gasteiger partial charge on any atom is -0.347 e. The zero-order chi connectivity index (χ0) is 33.1. The van der Waals surface area contributed by atoms with Crippen LogP contribution in [0.2, 0.25) is 0 Å². The zero-order valence-corrected chi connectivity index (χ0v) is 26.4. The first-order chi connectivity index (χ1) is 22.1. The van der Waals surface area contributed by atoms with Gasteiger partial charge in [-0.2, -0.15) is 0 Å². The first kappa shape index (κ1) is 33.7. The Morgan fingerprint density at radius 2 is 0.935 bits per heavy atom. The molecule has 0 atom stereocenters. The van der Waals surface area contributed by atoms with Crippen molar-refractivity contribution in [2.75, 3.05) is 36.8 Å². The Morgan fingerprint density at radius 3 is 1.33 bits per heavy atom. The molecule has 16 heteroatoms. The van der Waals surface area contributed by atoms with Gasteiger partial charge in [-0.05, 0) is 48.5 Å². The van der Waals surface area contributed by atoms with Crippen LogP contribution in [0.4, 0.5) is 11.4 Å². The molecular formula is C30H30N8O6S2. The number of nitrogens with one attached hydrogen (secondary N) is 6. The third-order valence-corrected chi connectivity index (χ3v) is 8.55. The molecule has 46 heavy (non-hydrogen) atoms. The van der Waals surface area contributed by atoms with E-state index >= 15 is 0 Å². The Bertz CT molecular complexity index is 1690. The number of pyridine rings is 2. The monoisotopic (exact) mass is 662 g/mol. The summed E-state index contributed by atoms with van der Waals surface area (Å²) in [4.78, 5) is 81.3. The lowest BCUT2D eigenvalue weighted by Crippen LogP contribution is -2.39. The van der Waals surface area contributed by atoms with Gasteiger partial charge in [0.1, 0.15) is 0 Å². The molecule has 0 aliphatic heterocycles. The highest BCUT2D eigenvalue weighted by molar-refractivity contribution is 8.76. The second-order valence-electron chi connectivity index (χ2n) is 9.66. The largest absolute Gasteiger partial charge is 0.347 e. The Hall–Kier alpha value is -5.22. The fourth-order valence-electron chi connectivity index (χ4n) is 4.02. The van der Waals surface area contributed by atoms with Crippen molar-refractivity contribution in [2.24, 2.45) is 0 Å². The van der Waals surface area contributed by atoms with E-state index in [2.05, 4.69) is 41.9 Å². The number of hydrogen-bond acceptors (Lipinski definition) is 10. The molecule has 2 heterocycles. The Labute approximate surface area is 271 Å². The van der Waals surface area contributed by atoms with Gasteiger partial charge < -0.3 is 31.9 Å². The zero-order valence-electron chi connectivity index (χ0n) is 24.8. The standard InChI is InChI=1S/C30H30N8O6S2/c1-17(39)33-13-25(41)35-15-27(43)37-21-7-9-23(29-19(21)5-3-11-31-29)45-46-24-10-8-22(20-6-4-12-32-30(20)24)38-28(44)16-36-26(42)14-34-18(2)40/h3-12H,13-16H2,1-2H3,(H,33,39)(H,34,40)(H,35,41)(H,36,42)(H,37,43)(H,38,44). The molecule has 0 saturated heterocycles. The molecule has 14 nitrogen and oxygen atoms in total. The normalized spacial score (nSPS) is 10.6. The number of aromatic nitrogens is 2. The number of rotatable bonds is 13. The summed E-state index contributed by atoms with van der Waals surface area (Å²) >= 11 is 0. The summed E-state index contributed by atoms with van der Waals surface area (Å²) in [6.45, 7) is 1.62. The molecule has 0 unspecified atom stereocenters. The summed E-state index contributed by atoms with van der Waals surface area (Å²) in [5, 5.41) is 16.7. The summed E-state index contributed by atoms with van der Waals surface area (Å²) < 4.78 is 0. The van der Waals surface area contributed by atoms with Crippen LogP contribution >= 0.6 is 21.6 Å². The molecule has 0 spiro atoms. The van der Waals surface area contributed by atoms with Gasteiger partial charge in [0.15, 0.2) is 0 Å². The fourth-order valence-corrected chi connectivity index (χ4v) is 6.27. The van der Waals surface area contributed by atoms with E-state index in [0.717, 1.165) is 9.79 Å². The van der Waals surface area contributed by atoms with Crippen LogP contribution in [0.5, 0.6) is 0 Å². The topological polar surface area (TPSA) is 200 Å². The van der Waals surface area contributed by atoms with Gasteiger partial charge in [-0.25, -0.2) is 0 Å². The SMILES string of the molecule is CC(=O)NCC(=O)NCC(=O)Nc1ccc(SSc2ccc(NC(=O)CNC(=O)CNC(C)=O)c3cccnc23)c2ncccc12. The predicted octanol–water partition coefficient (Wildman–Crippen LogP) is 1.96. The average molecular weight is 663 g/mol. The number of carbonyl (C=O) groups excluding carboxylic acids is 6. The van der Waals surface area contributed by atoms with Crippen LogP contribution < -0.4 is 31.9 Å². The van der Waals surface area contributed by atoms with E-state index in [1.807, 2.05) is 24.3 Å². The van der Waals surface area contributed by atoms with Crippen molar-refractivity contribution in [1.82, 2.24) is 31.2 Å². The summed E-state index contributed by atoms with van der Waals surface area (Å²) in [6.07, 6.45) is 3.31. The summed E-state index contributed by atoms with van der Waals surface area (Å²) in [7, 11) is 2.90. The van der Waals surface area contributed by atoms with Crippen molar-refractivity contribution in [3.63, 3.8) is 0 Å². The van der Waals surface area contributed by atoms with E-state index in [0.29, 0.717) is 33.2 Å². The molecule has 2 aromatic carbocycles. The number of hydrogen-bond donors (Lipinski definition) is 6. The van der Waals surface area contributed by atoms with Gasteiger partial charge in [0.25, 0.3) is 0 Å². The van der Waals surface area contributed by atoms with Gasteiger partial charge in [-0.1, -0.05) is 21.6 Å². The Morgan fingerprint density at radius 1 is 0.543 bits per heavy atom. The van der Waals surface area contributed by atoms with Crippen molar-refractivity contribution >= 4 is 90.2 Å². The number of anilines is 2. The van der Waals surface area contributed by atoms with Crippen molar-refractivity contribution < 1.29 is 28.8 Å². The third-order valence-electron chi connectivity index (χ3n) is 6.12. The average Bonchev–Trinajstić information content (AvgIpc) is 3.04. The lowest BCUT2D eigenvalue weighted by molar-refractivity contribution is -0.126. The molecule has 6 N–H and O–H groups in total. The van der Waals surface area contributed by atoms with Crippen molar-refractivity contribution in [3.8, 4) is 0 Å². The van der Waals surface area contributed by atoms with E-state index in [9.17, 15) is 28.8 Å². The van der Waals surface area contributed by atoms with Crippen LogP contribution in [0.1, 0.15) is 13.8 Å². The lowest BCUT2D eigenvalue weighted by atomic mass is 10.2. The maximum atomic E-state index is 12.5. The highest BCUT2D eigenvalue weighted by Gasteiger charge is 2.15. The minimum atomic E-state index is -0.484. The maximum Gasteiger partial charge on any atom is 0.243 e. The molecule has 4 aromatic rings. The number of fused-ring (bicyclic) bond motifs is 2. The van der Waals surface area contributed by atoms with Crippen molar-refractivity contribution in [2.45, 2.75) is 23.6 Å². The maximum absolute atomic E-state index is 12.5. The lowest BCUT2D eigenvalue weighted by Gasteiger charge is -2.13. The number of amides is 6. The van der Waals surface area contributed by atoms with Crippen LogP contribution in [-0.2, 0) is 28.8 Å². The minimum absolute atomic E-state index is 0.219. The fraction of sp³-hybridized carbons (Fsp3) is 0.200.